The Morgan fingerprint density at radius 3 is 1.73 bits per heavy atom. The van der Waals surface area contributed by atoms with Crippen LogP contribution in [0.3, 0.4) is 0 Å². The average molecular weight is 161 g/mol. The number of carbonyl (C=O) groups excluding carboxylic acids is 2. The van der Waals surface area contributed by atoms with Gasteiger partial charge < -0.3 is 15.3 Å². The SMILES string of the molecule is O=C1NC(=O)[C@H](O)C(O)[C@@H]1O. The third-order valence-corrected chi connectivity index (χ3v) is 1.43. The van der Waals surface area contributed by atoms with Crippen molar-refractivity contribution in [2.45, 2.75) is 18.3 Å². The van der Waals surface area contributed by atoms with Gasteiger partial charge in [-0.1, -0.05) is 0 Å². The summed E-state index contributed by atoms with van der Waals surface area (Å²) >= 11 is 0. The van der Waals surface area contributed by atoms with Crippen LogP contribution in [-0.4, -0.2) is 45.4 Å². The summed E-state index contributed by atoms with van der Waals surface area (Å²) in [6, 6.07) is 0. The van der Waals surface area contributed by atoms with Crippen molar-refractivity contribution in [1.82, 2.24) is 5.32 Å². The standard InChI is InChI=1S/C5H7NO5/c7-1-2(8)4(10)6-5(11)3(1)9/h1-3,7-9H,(H,6,10,11)/t1?,2-,3+. The van der Waals surface area contributed by atoms with Gasteiger partial charge in [-0.3, -0.25) is 14.9 Å². The maximum absolute atomic E-state index is 10.5. The summed E-state index contributed by atoms with van der Waals surface area (Å²) < 4.78 is 0. The Bertz CT molecular complexity index is 183. The minimum Gasteiger partial charge on any atom is -0.387 e. The predicted molar refractivity (Wildman–Crippen MR) is 31.2 cm³/mol. The molecule has 0 aliphatic carbocycles. The Labute approximate surface area is 61.4 Å². The average Bonchev–Trinajstić information content (AvgIpc) is 1.97. The fourth-order valence-corrected chi connectivity index (χ4v) is 0.752. The maximum atomic E-state index is 10.5. The smallest absolute Gasteiger partial charge is 0.258 e. The Morgan fingerprint density at radius 2 is 1.36 bits per heavy atom. The van der Waals surface area contributed by atoms with E-state index in [4.69, 9.17) is 15.3 Å². The molecule has 1 fully saturated rings. The van der Waals surface area contributed by atoms with E-state index in [1.807, 2.05) is 0 Å². The first kappa shape index (κ1) is 8.12. The van der Waals surface area contributed by atoms with Gasteiger partial charge >= 0.3 is 0 Å². The molecule has 1 heterocycles. The van der Waals surface area contributed by atoms with Gasteiger partial charge in [0.15, 0.2) is 12.2 Å². The lowest BCUT2D eigenvalue weighted by Crippen LogP contribution is -2.60. The highest BCUT2D eigenvalue weighted by atomic mass is 16.4. The van der Waals surface area contributed by atoms with Gasteiger partial charge in [-0.15, -0.1) is 0 Å². The molecule has 62 valence electrons. The molecule has 0 aromatic heterocycles. The highest BCUT2D eigenvalue weighted by Crippen LogP contribution is 2.05. The van der Waals surface area contributed by atoms with Gasteiger partial charge in [0.25, 0.3) is 11.8 Å². The molecule has 11 heavy (non-hydrogen) atoms. The highest BCUT2D eigenvalue weighted by molar-refractivity contribution is 6.02. The molecule has 2 amide bonds. The van der Waals surface area contributed by atoms with Crippen molar-refractivity contribution < 1.29 is 24.9 Å². The zero-order valence-corrected chi connectivity index (χ0v) is 5.39. The molecular formula is C5H7NO5. The molecule has 0 spiro atoms. The Hall–Kier alpha value is -0.980. The number of piperidine rings is 1. The second kappa shape index (κ2) is 2.57. The van der Waals surface area contributed by atoms with Crippen LogP contribution in [0.4, 0.5) is 0 Å². The number of hydrogen-bond acceptors (Lipinski definition) is 5. The van der Waals surface area contributed by atoms with Crippen LogP contribution in [0.1, 0.15) is 0 Å². The van der Waals surface area contributed by atoms with Crippen molar-refractivity contribution in [1.29, 1.82) is 0 Å². The van der Waals surface area contributed by atoms with Gasteiger partial charge in [0.1, 0.15) is 6.10 Å². The summed E-state index contributed by atoms with van der Waals surface area (Å²) in [5.41, 5.74) is 0. The van der Waals surface area contributed by atoms with E-state index < -0.39 is 30.1 Å². The molecule has 0 aromatic rings. The quantitative estimate of drug-likeness (QED) is 0.279. The van der Waals surface area contributed by atoms with E-state index in [1.54, 1.807) is 5.32 Å². The Morgan fingerprint density at radius 1 is 1.00 bits per heavy atom. The van der Waals surface area contributed by atoms with Gasteiger partial charge in [0.2, 0.25) is 0 Å². The van der Waals surface area contributed by atoms with E-state index in [9.17, 15) is 9.59 Å². The number of nitrogens with one attached hydrogen (secondary N) is 1. The molecule has 3 atom stereocenters. The van der Waals surface area contributed by atoms with Crippen molar-refractivity contribution in [3.63, 3.8) is 0 Å². The van der Waals surface area contributed by atoms with Gasteiger partial charge in [0, 0.05) is 0 Å². The second-order valence-electron chi connectivity index (χ2n) is 2.23. The summed E-state index contributed by atoms with van der Waals surface area (Å²) in [4.78, 5) is 21.0. The highest BCUT2D eigenvalue weighted by Gasteiger charge is 2.40. The molecule has 1 rings (SSSR count). The fourth-order valence-electron chi connectivity index (χ4n) is 0.752. The van der Waals surface area contributed by atoms with Crippen LogP contribution in [0.2, 0.25) is 0 Å². The minimum atomic E-state index is -1.73. The molecular weight excluding hydrogens is 154 g/mol. The molecule has 6 nitrogen and oxygen atoms in total. The van der Waals surface area contributed by atoms with E-state index in [0.717, 1.165) is 0 Å². The molecule has 0 aromatic carbocycles. The number of imide groups is 1. The largest absolute Gasteiger partial charge is 0.387 e. The molecule has 6 heteroatoms. The van der Waals surface area contributed by atoms with Crippen molar-refractivity contribution in [3.8, 4) is 0 Å². The van der Waals surface area contributed by atoms with Gasteiger partial charge in [-0.25, -0.2) is 0 Å². The lowest BCUT2D eigenvalue weighted by atomic mass is 10.0. The molecule has 1 saturated heterocycles. The van der Waals surface area contributed by atoms with Crippen molar-refractivity contribution in [3.05, 3.63) is 0 Å². The molecule has 1 aliphatic rings. The second-order valence-corrected chi connectivity index (χ2v) is 2.23. The number of aliphatic hydroxyl groups excluding tert-OH is 3. The number of amides is 2. The van der Waals surface area contributed by atoms with Gasteiger partial charge in [0.05, 0.1) is 0 Å². The Balaban J connectivity index is 2.78. The van der Waals surface area contributed by atoms with Crippen molar-refractivity contribution >= 4 is 11.8 Å². The van der Waals surface area contributed by atoms with E-state index in [0.29, 0.717) is 0 Å². The summed E-state index contributed by atoms with van der Waals surface area (Å²) in [5, 5.41) is 28.0. The first-order chi connectivity index (χ1) is 5.04. The lowest BCUT2D eigenvalue weighted by molar-refractivity contribution is -0.161. The number of rotatable bonds is 0. The summed E-state index contributed by atoms with van der Waals surface area (Å²) in [5.74, 6) is -1.99. The first-order valence-corrected chi connectivity index (χ1v) is 2.93. The van der Waals surface area contributed by atoms with E-state index in [1.165, 1.54) is 0 Å². The van der Waals surface area contributed by atoms with Crippen molar-refractivity contribution in [2.75, 3.05) is 0 Å². The minimum absolute atomic E-state index is 0.993. The number of hydrogen-bond donors (Lipinski definition) is 4. The molecule has 0 radical (unpaired) electrons. The predicted octanol–water partition coefficient (Wildman–Crippen LogP) is -3.27. The summed E-state index contributed by atoms with van der Waals surface area (Å²) in [6.45, 7) is 0. The van der Waals surface area contributed by atoms with Crippen LogP contribution < -0.4 is 5.32 Å². The van der Waals surface area contributed by atoms with Crippen LogP contribution >= 0.6 is 0 Å². The van der Waals surface area contributed by atoms with E-state index in [-0.39, 0.29) is 0 Å². The fraction of sp³-hybridized carbons (Fsp3) is 0.600. The van der Waals surface area contributed by atoms with E-state index >= 15 is 0 Å². The molecule has 1 aliphatic heterocycles. The normalized spacial score (nSPS) is 38.6. The number of carbonyl (C=O) groups is 2. The zero-order valence-electron chi connectivity index (χ0n) is 5.39. The number of aliphatic hydroxyl groups is 3. The third kappa shape index (κ3) is 1.23. The van der Waals surface area contributed by atoms with E-state index in [2.05, 4.69) is 0 Å². The van der Waals surface area contributed by atoms with Crippen LogP contribution in [-0.2, 0) is 9.59 Å². The lowest BCUT2D eigenvalue weighted by Gasteiger charge is -2.26. The molecule has 1 unspecified atom stereocenters. The molecule has 0 bridgehead atoms. The summed E-state index contributed by atoms with van der Waals surface area (Å²) in [7, 11) is 0. The van der Waals surface area contributed by atoms with Crippen LogP contribution in [0.5, 0.6) is 0 Å². The molecule has 0 saturated carbocycles. The van der Waals surface area contributed by atoms with Gasteiger partial charge in [-0.2, -0.15) is 0 Å². The van der Waals surface area contributed by atoms with Crippen LogP contribution in [0, 0.1) is 0 Å². The monoisotopic (exact) mass is 161 g/mol. The van der Waals surface area contributed by atoms with Crippen LogP contribution in [0.15, 0.2) is 0 Å². The Kier molecular flexibility index (Phi) is 1.90. The van der Waals surface area contributed by atoms with Gasteiger partial charge in [-0.05, 0) is 0 Å². The third-order valence-electron chi connectivity index (χ3n) is 1.43. The topological polar surface area (TPSA) is 107 Å². The van der Waals surface area contributed by atoms with Crippen molar-refractivity contribution in [2.24, 2.45) is 0 Å². The zero-order chi connectivity index (χ0) is 8.59. The first-order valence-electron chi connectivity index (χ1n) is 2.93. The molecule has 4 N–H and O–H groups in total. The summed E-state index contributed by atoms with van der Waals surface area (Å²) in [6.07, 6.45) is -5.19. The van der Waals surface area contributed by atoms with Crippen LogP contribution in [0.25, 0.3) is 0 Å². The maximum Gasteiger partial charge on any atom is 0.258 e.